The Morgan fingerprint density at radius 1 is 1.12 bits per heavy atom. The first-order valence-corrected chi connectivity index (χ1v) is 12.1. The Labute approximate surface area is 199 Å². The van der Waals surface area contributed by atoms with Crippen LogP contribution in [0.4, 0.5) is 8.78 Å². The molecule has 0 radical (unpaired) electrons. The second-order valence-electron chi connectivity index (χ2n) is 9.40. The molecule has 1 aliphatic heterocycles. The molecule has 0 bridgehead atoms. The second-order valence-corrected chi connectivity index (χ2v) is 9.40. The van der Waals surface area contributed by atoms with Gasteiger partial charge in [-0.2, -0.15) is 5.10 Å². The van der Waals surface area contributed by atoms with Crippen molar-refractivity contribution in [1.82, 2.24) is 19.6 Å². The summed E-state index contributed by atoms with van der Waals surface area (Å²) in [7, 11) is 0. The molecule has 5 nitrogen and oxygen atoms in total. The van der Waals surface area contributed by atoms with Gasteiger partial charge in [-0.1, -0.05) is 19.1 Å². The lowest BCUT2D eigenvalue weighted by atomic mass is 10.0. The molecule has 5 rings (SSSR count). The summed E-state index contributed by atoms with van der Waals surface area (Å²) in [6.45, 7) is 5.81. The zero-order chi connectivity index (χ0) is 23.7. The van der Waals surface area contributed by atoms with Crippen molar-refractivity contribution in [3.8, 4) is 5.69 Å². The average molecular weight is 465 g/mol. The zero-order valence-electron chi connectivity index (χ0n) is 19.5. The zero-order valence-corrected chi connectivity index (χ0v) is 19.5. The number of nitrogens with zero attached hydrogens (tertiary/aromatic N) is 4. The predicted molar refractivity (Wildman–Crippen MR) is 127 cm³/mol. The van der Waals surface area contributed by atoms with Gasteiger partial charge in [0.1, 0.15) is 17.3 Å². The van der Waals surface area contributed by atoms with Crippen LogP contribution >= 0.6 is 0 Å². The van der Waals surface area contributed by atoms with Crippen molar-refractivity contribution >= 4 is 5.91 Å². The lowest BCUT2D eigenvalue weighted by Gasteiger charge is -2.28. The van der Waals surface area contributed by atoms with Crippen LogP contribution in [0.3, 0.4) is 0 Å². The van der Waals surface area contributed by atoms with E-state index in [2.05, 4.69) is 11.8 Å². The van der Waals surface area contributed by atoms with E-state index in [0.717, 1.165) is 62.3 Å². The van der Waals surface area contributed by atoms with Crippen molar-refractivity contribution in [3.63, 3.8) is 0 Å². The number of para-hydroxylation sites is 1. The highest BCUT2D eigenvalue weighted by atomic mass is 19.1. The number of fused-ring (bicyclic) bond motifs is 1. The molecule has 0 unspecified atom stereocenters. The Kier molecular flexibility index (Phi) is 6.46. The van der Waals surface area contributed by atoms with Crippen LogP contribution in [0.15, 0.2) is 48.5 Å². The van der Waals surface area contributed by atoms with E-state index in [1.807, 2.05) is 11.0 Å². The van der Waals surface area contributed by atoms with Gasteiger partial charge in [0, 0.05) is 37.2 Å². The molecule has 34 heavy (non-hydrogen) atoms. The van der Waals surface area contributed by atoms with Crippen molar-refractivity contribution in [1.29, 1.82) is 0 Å². The number of carbonyl (C=O) groups excluding carboxylic acids is 1. The van der Waals surface area contributed by atoms with E-state index in [1.165, 1.54) is 30.3 Å². The Morgan fingerprint density at radius 2 is 1.88 bits per heavy atom. The van der Waals surface area contributed by atoms with Crippen molar-refractivity contribution in [2.45, 2.75) is 45.7 Å². The van der Waals surface area contributed by atoms with E-state index < -0.39 is 0 Å². The summed E-state index contributed by atoms with van der Waals surface area (Å²) in [4.78, 5) is 17.6. The van der Waals surface area contributed by atoms with E-state index in [1.54, 1.807) is 16.8 Å². The molecule has 1 fully saturated rings. The van der Waals surface area contributed by atoms with Gasteiger partial charge in [0.15, 0.2) is 0 Å². The van der Waals surface area contributed by atoms with Crippen LogP contribution in [-0.4, -0.2) is 45.1 Å². The molecule has 0 atom stereocenters. The van der Waals surface area contributed by atoms with Crippen LogP contribution < -0.4 is 0 Å². The summed E-state index contributed by atoms with van der Waals surface area (Å²) in [6, 6.07) is 12.4. The molecule has 178 valence electrons. The fourth-order valence-corrected chi connectivity index (χ4v) is 4.79. The van der Waals surface area contributed by atoms with Crippen LogP contribution in [0, 0.1) is 17.6 Å². The number of rotatable bonds is 8. The molecule has 0 N–H and O–H groups in total. The topological polar surface area (TPSA) is 41.4 Å². The monoisotopic (exact) mass is 464 g/mol. The van der Waals surface area contributed by atoms with E-state index >= 15 is 0 Å². The first kappa shape index (κ1) is 22.7. The van der Waals surface area contributed by atoms with Gasteiger partial charge in [-0.25, -0.2) is 13.5 Å². The summed E-state index contributed by atoms with van der Waals surface area (Å²) < 4.78 is 29.9. The number of benzene rings is 2. The van der Waals surface area contributed by atoms with Gasteiger partial charge < -0.3 is 4.90 Å². The van der Waals surface area contributed by atoms with Crippen LogP contribution in [0.2, 0.25) is 0 Å². The van der Waals surface area contributed by atoms with Gasteiger partial charge in [-0.15, -0.1) is 0 Å². The molecule has 2 aliphatic rings. The summed E-state index contributed by atoms with van der Waals surface area (Å²) >= 11 is 0. The maximum Gasteiger partial charge on any atom is 0.254 e. The summed E-state index contributed by atoms with van der Waals surface area (Å²) in [6.07, 6.45) is 4.06. The highest BCUT2D eigenvalue weighted by molar-refractivity contribution is 5.94. The van der Waals surface area contributed by atoms with Crippen LogP contribution in [0.1, 0.15) is 53.5 Å². The molecule has 1 amide bonds. The van der Waals surface area contributed by atoms with E-state index in [4.69, 9.17) is 5.10 Å². The molecule has 2 heterocycles. The molecule has 0 spiro atoms. The lowest BCUT2D eigenvalue weighted by Crippen LogP contribution is -2.34. The average Bonchev–Trinajstić information content (AvgIpc) is 3.60. The SMILES string of the molecule is CCCN1CCc2c(c(CN(CC3CC3)C(=O)c3ccc(F)cc3)nn2-c2ccccc2F)C1. The van der Waals surface area contributed by atoms with Crippen LogP contribution in [0.25, 0.3) is 5.69 Å². The third-order valence-corrected chi connectivity index (χ3v) is 6.73. The minimum Gasteiger partial charge on any atom is -0.332 e. The van der Waals surface area contributed by atoms with Crippen molar-refractivity contribution in [2.24, 2.45) is 5.92 Å². The maximum atomic E-state index is 14.7. The summed E-state index contributed by atoms with van der Waals surface area (Å²) in [5, 5.41) is 4.87. The molecule has 7 heteroatoms. The van der Waals surface area contributed by atoms with E-state index in [0.29, 0.717) is 30.3 Å². The van der Waals surface area contributed by atoms with Gasteiger partial charge >= 0.3 is 0 Å². The molecule has 3 aromatic rings. The minimum absolute atomic E-state index is 0.123. The molecule has 0 saturated heterocycles. The number of hydrogen-bond acceptors (Lipinski definition) is 3. The van der Waals surface area contributed by atoms with Crippen molar-refractivity contribution in [2.75, 3.05) is 19.6 Å². The van der Waals surface area contributed by atoms with E-state index in [-0.39, 0.29) is 17.5 Å². The fraction of sp³-hybridized carbons (Fsp3) is 0.407. The first-order chi connectivity index (χ1) is 16.5. The second kappa shape index (κ2) is 9.66. The Morgan fingerprint density at radius 3 is 2.59 bits per heavy atom. The van der Waals surface area contributed by atoms with Gasteiger partial charge in [0.2, 0.25) is 0 Å². The maximum absolute atomic E-state index is 14.7. The smallest absolute Gasteiger partial charge is 0.254 e. The highest BCUT2D eigenvalue weighted by Gasteiger charge is 2.31. The molecule has 1 aliphatic carbocycles. The number of halogens is 2. The molecular weight excluding hydrogens is 434 g/mol. The number of aromatic nitrogens is 2. The highest BCUT2D eigenvalue weighted by Crippen LogP contribution is 2.32. The van der Waals surface area contributed by atoms with Crippen LogP contribution in [-0.2, 0) is 19.5 Å². The Bertz CT molecular complexity index is 1170. The predicted octanol–water partition coefficient (Wildman–Crippen LogP) is 4.97. The number of carbonyl (C=O) groups is 1. The third-order valence-electron chi connectivity index (χ3n) is 6.73. The van der Waals surface area contributed by atoms with Gasteiger partial charge in [-0.05, 0) is 68.1 Å². The molecule has 2 aromatic carbocycles. The minimum atomic E-state index is -0.362. The quantitative estimate of drug-likeness (QED) is 0.473. The largest absolute Gasteiger partial charge is 0.332 e. The first-order valence-electron chi connectivity index (χ1n) is 12.1. The molecule has 1 saturated carbocycles. The summed E-state index contributed by atoms with van der Waals surface area (Å²) in [5.74, 6) is -0.306. The van der Waals surface area contributed by atoms with Crippen LogP contribution in [0.5, 0.6) is 0 Å². The molecule has 1 aromatic heterocycles. The van der Waals surface area contributed by atoms with E-state index in [9.17, 15) is 13.6 Å². The van der Waals surface area contributed by atoms with Gasteiger partial charge in [-0.3, -0.25) is 9.69 Å². The Hall–Kier alpha value is -3.06. The summed E-state index contributed by atoms with van der Waals surface area (Å²) in [5.41, 5.74) is 3.84. The standard InChI is InChI=1S/C27H30F2N4O/c1-2-14-31-15-13-25-22(17-31)24(30-33(25)26-6-4-3-5-23(26)29)18-32(16-19-7-8-19)27(34)20-9-11-21(28)12-10-20/h3-6,9-12,19H,2,7-8,13-18H2,1H3. The molecular formula is C27H30F2N4O. The third kappa shape index (κ3) is 4.75. The number of amides is 1. The normalized spacial score (nSPS) is 15.9. The van der Waals surface area contributed by atoms with Crippen molar-refractivity contribution in [3.05, 3.63) is 82.7 Å². The fourth-order valence-electron chi connectivity index (χ4n) is 4.79. The Balaban J connectivity index is 1.51. The van der Waals surface area contributed by atoms with Gasteiger partial charge in [0.25, 0.3) is 5.91 Å². The van der Waals surface area contributed by atoms with Gasteiger partial charge in [0.05, 0.1) is 17.9 Å². The lowest BCUT2D eigenvalue weighted by molar-refractivity contribution is 0.0731. The van der Waals surface area contributed by atoms with Crippen molar-refractivity contribution < 1.29 is 13.6 Å². The number of hydrogen-bond donors (Lipinski definition) is 0.